The van der Waals surface area contributed by atoms with Crippen LogP contribution in [0.25, 0.3) is 0 Å². The third-order valence-corrected chi connectivity index (χ3v) is 2.65. The van der Waals surface area contributed by atoms with Crippen LogP contribution in [0.3, 0.4) is 0 Å². The van der Waals surface area contributed by atoms with Crippen LogP contribution in [0.4, 0.5) is 5.69 Å². The van der Waals surface area contributed by atoms with Crippen molar-refractivity contribution in [3.05, 3.63) is 24.5 Å². The van der Waals surface area contributed by atoms with Crippen molar-refractivity contribution in [2.75, 3.05) is 31.1 Å². The second kappa shape index (κ2) is 4.16. The van der Waals surface area contributed by atoms with Crippen molar-refractivity contribution in [3.8, 4) is 0 Å². The predicted molar refractivity (Wildman–Crippen MR) is 59.9 cm³/mol. The summed E-state index contributed by atoms with van der Waals surface area (Å²) < 4.78 is 0. The number of guanidine groups is 1. The molecule has 0 saturated carbocycles. The molecule has 0 radical (unpaired) electrons. The highest BCUT2D eigenvalue weighted by Crippen LogP contribution is 2.14. The number of anilines is 1. The number of nitrogens with zero attached hydrogens (tertiary/aromatic N) is 3. The molecule has 1 aromatic heterocycles. The normalized spacial score (nSPS) is 16.5. The summed E-state index contributed by atoms with van der Waals surface area (Å²) in [6, 6.07) is 4.01. The van der Waals surface area contributed by atoms with Crippen molar-refractivity contribution < 1.29 is 0 Å². The molecular formula is C10H15N5. The highest BCUT2D eigenvalue weighted by molar-refractivity contribution is 5.74. The fourth-order valence-electron chi connectivity index (χ4n) is 1.76. The lowest BCUT2D eigenvalue weighted by Gasteiger charge is -2.36. The Hall–Kier alpha value is -1.78. The van der Waals surface area contributed by atoms with Crippen LogP contribution in [0.5, 0.6) is 0 Å². The van der Waals surface area contributed by atoms with E-state index in [0.29, 0.717) is 0 Å². The van der Waals surface area contributed by atoms with Gasteiger partial charge in [0.05, 0.1) is 0 Å². The van der Waals surface area contributed by atoms with E-state index >= 15 is 0 Å². The molecule has 0 bridgehead atoms. The molecule has 1 aliphatic rings. The molecule has 2 heterocycles. The van der Waals surface area contributed by atoms with E-state index in [9.17, 15) is 0 Å². The second-order valence-corrected chi connectivity index (χ2v) is 3.56. The van der Waals surface area contributed by atoms with Crippen LogP contribution < -0.4 is 10.6 Å². The Labute approximate surface area is 89.0 Å². The molecule has 1 aromatic rings. The van der Waals surface area contributed by atoms with Gasteiger partial charge in [-0.05, 0) is 12.1 Å². The third kappa shape index (κ3) is 2.18. The molecule has 0 aromatic carbocycles. The SMILES string of the molecule is N=C(N)N1CCN(c2ccncc2)CC1. The van der Waals surface area contributed by atoms with Crippen LogP contribution in [0.2, 0.25) is 0 Å². The lowest BCUT2D eigenvalue weighted by atomic mass is 10.3. The van der Waals surface area contributed by atoms with Crippen molar-refractivity contribution in [3.63, 3.8) is 0 Å². The summed E-state index contributed by atoms with van der Waals surface area (Å²) in [6.07, 6.45) is 3.60. The van der Waals surface area contributed by atoms with Gasteiger partial charge in [0.25, 0.3) is 0 Å². The zero-order chi connectivity index (χ0) is 10.7. The number of rotatable bonds is 1. The average molecular weight is 205 g/mol. The number of hydrogen-bond donors (Lipinski definition) is 2. The highest BCUT2D eigenvalue weighted by atomic mass is 15.3. The summed E-state index contributed by atoms with van der Waals surface area (Å²) in [5, 5.41) is 7.33. The molecule has 5 heteroatoms. The molecule has 0 spiro atoms. The van der Waals surface area contributed by atoms with E-state index in [1.807, 2.05) is 17.0 Å². The molecule has 0 aliphatic carbocycles. The Bertz CT molecular complexity index is 329. The van der Waals surface area contributed by atoms with E-state index in [1.54, 1.807) is 12.4 Å². The summed E-state index contributed by atoms with van der Waals surface area (Å²) in [6.45, 7) is 3.45. The largest absolute Gasteiger partial charge is 0.370 e. The number of nitrogens with one attached hydrogen (secondary N) is 1. The van der Waals surface area contributed by atoms with Gasteiger partial charge in [0.1, 0.15) is 0 Å². The first-order chi connectivity index (χ1) is 7.27. The summed E-state index contributed by atoms with van der Waals surface area (Å²) in [7, 11) is 0. The van der Waals surface area contributed by atoms with Crippen molar-refractivity contribution in [2.24, 2.45) is 5.73 Å². The number of hydrogen-bond acceptors (Lipinski definition) is 3. The van der Waals surface area contributed by atoms with E-state index in [4.69, 9.17) is 11.1 Å². The van der Waals surface area contributed by atoms with Gasteiger partial charge in [0, 0.05) is 44.3 Å². The van der Waals surface area contributed by atoms with Gasteiger partial charge < -0.3 is 15.5 Å². The first kappa shape index (κ1) is 9.76. The number of pyridine rings is 1. The number of piperazine rings is 1. The summed E-state index contributed by atoms with van der Waals surface area (Å²) in [4.78, 5) is 8.16. The second-order valence-electron chi connectivity index (χ2n) is 3.56. The van der Waals surface area contributed by atoms with Gasteiger partial charge in [-0.15, -0.1) is 0 Å². The van der Waals surface area contributed by atoms with Crippen molar-refractivity contribution in [1.82, 2.24) is 9.88 Å². The lowest BCUT2D eigenvalue weighted by Crippen LogP contribution is -2.50. The predicted octanol–water partition coefficient (Wildman–Crippen LogP) is 0.0971. The van der Waals surface area contributed by atoms with E-state index < -0.39 is 0 Å². The van der Waals surface area contributed by atoms with Crippen molar-refractivity contribution in [1.29, 1.82) is 5.41 Å². The van der Waals surface area contributed by atoms with E-state index in [2.05, 4.69) is 9.88 Å². The molecular weight excluding hydrogens is 190 g/mol. The quantitative estimate of drug-likeness (QED) is 0.504. The van der Waals surface area contributed by atoms with E-state index in [1.165, 1.54) is 5.69 Å². The van der Waals surface area contributed by atoms with Gasteiger partial charge >= 0.3 is 0 Å². The molecule has 0 unspecified atom stereocenters. The Morgan fingerprint density at radius 3 is 2.33 bits per heavy atom. The zero-order valence-corrected chi connectivity index (χ0v) is 8.56. The number of nitrogens with two attached hydrogens (primary N) is 1. The minimum atomic E-state index is 0.171. The molecule has 0 atom stereocenters. The van der Waals surface area contributed by atoms with Gasteiger partial charge in [-0.2, -0.15) is 0 Å². The first-order valence-corrected chi connectivity index (χ1v) is 5.01. The Morgan fingerprint density at radius 2 is 1.80 bits per heavy atom. The van der Waals surface area contributed by atoms with Gasteiger partial charge in [-0.1, -0.05) is 0 Å². The number of aromatic nitrogens is 1. The van der Waals surface area contributed by atoms with Crippen LogP contribution in [0.15, 0.2) is 24.5 Å². The highest BCUT2D eigenvalue weighted by Gasteiger charge is 2.17. The summed E-state index contributed by atoms with van der Waals surface area (Å²) in [5.74, 6) is 0.171. The van der Waals surface area contributed by atoms with E-state index in [0.717, 1.165) is 26.2 Å². The maximum absolute atomic E-state index is 7.33. The van der Waals surface area contributed by atoms with Gasteiger partial charge in [-0.3, -0.25) is 10.4 Å². The molecule has 1 saturated heterocycles. The minimum absolute atomic E-state index is 0.171. The molecule has 0 amide bonds. The van der Waals surface area contributed by atoms with Crippen LogP contribution in [-0.4, -0.2) is 42.0 Å². The van der Waals surface area contributed by atoms with Crippen LogP contribution in [0.1, 0.15) is 0 Å². The average Bonchev–Trinajstić information content (AvgIpc) is 2.30. The third-order valence-electron chi connectivity index (χ3n) is 2.65. The van der Waals surface area contributed by atoms with Gasteiger partial charge in [0.2, 0.25) is 0 Å². The fourth-order valence-corrected chi connectivity index (χ4v) is 1.76. The molecule has 2 rings (SSSR count). The molecule has 80 valence electrons. The maximum Gasteiger partial charge on any atom is 0.188 e. The van der Waals surface area contributed by atoms with Crippen LogP contribution in [-0.2, 0) is 0 Å². The summed E-state index contributed by atoms with van der Waals surface area (Å²) in [5.41, 5.74) is 6.62. The maximum atomic E-state index is 7.33. The Balaban J connectivity index is 1.97. The summed E-state index contributed by atoms with van der Waals surface area (Å²) >= 11 is 0. The van der Waals surface area contributed by atoms with Crippen molar-refractivity contribution >= 4 is 11.6 Å². The molecule has 3 N–H and O–H groups in total. The molecule has 15 heavy (non-hydrogen) atoms. The molecule has 1 fully saturated rings. The van der Waals surface area contributed by atoms with Crippen LogP contribution in [0, 0.1) is 5.41 Å². The fraction of sp³-hybridized carbons (Fsp3) is 0.400. The monoisotopic (exact) mass is 205 g/mol. The molecule has 1 aliphatic heterocycles. The van der Waals surface area contributed by atoms with Gasteiger partial charge in [-0.25, -0.2) is 0 Å². The topological polar surface area (TPSA) is 69.2 Å². The van der Waals surface area contributed by atoms with E-state index in [-0.39, 0.29) is 5.96 Å². The smallest absolute Gasteiger partial charge is 0.188 e. The van der Waals surface area contributed by atoms with Crippen LogP contribution >= 0.6 is 0 Å². The molecule has 5 nitrogen and oxygen atoms in total. The first-order valence-electron chi connectivity index (χ1n) is 5.01. The Morgan fingerprint density at radius 1 is 1.20 bits per heavy atom. The standard InChI is InChI=1S/C10H15N5/c11-10(12)15-7-5-14(6-8-15)9-1-3-13-4-2-9/h1-4H,5-8H2,(H3,11,12). The van der Waals surface area contributed by atoms with Gasteiger partial charge in [0.15, 0.2) is 5.96 Å². The minimum Gasteiger partial charge on any atom is -0.370 e. The zero-order valence-electron chi connectivity index (χ0n) is 8.56. The Kier molecular flexibility index (Phi) is 2.71. The lowest BCUT2D eigenvalue weighted by molar-refractivity contribution is 0.380. The van der Waals surface area contributed by atoms with Crippen molar-refractivity contribution in [2.45, 2.75) is 0 Å².